The number of halogens is 1. The Kier molecular flexibility index (Phi) is 3.11. The van der Waals surface area contributed by atoms with Crippen molar-refractivity contribution >= 4 is 22.9 Å². The van der Waals surface area contributed by atoms with Gasteiger partial charge in [0.2, 0.25) is 0 Å². The van der Waals surface area contributed by atoms with Gasteiger partial charge in [-0.05, 0) is 40.1 Å². The van der Waals surface area contributed by atoms with Gasteiger partial charge in [0.15, 0.2) is 0 Å². The van der Waals surface area contributed by atoms with Crippen LogP contribution in [0.15, 0.2) is 66.7 Å². The summed E-state index contributed by atoms with van der Waals surface area (Å²) >= 11 is 0. The van der Waals surface area contributed by atoms with Crippen LogP contribution in [0.1, 0.15) is 11.1 Å². The van der Waals surface area contributed by atoms with Crippen molar-refractivity contribution in [1.82, 2.24) is 0 Å². The standard InChI is InChI=1S/C18H13F/c19-18-11-8-14(9-12-18)5-6-15-7-10-16-3-1-2-4-17(16)13-15/h1-13H/b6-5-. The Labute approximate surface area is 111 Å². The van der Waals surface area contributed by atoms with Crippen LogP contribution < -0.4 is 0 Å². The van der Waals surface area contributed by atoms with Crippen LogP contribution in [0.3, 0.4) is 0 Å². The summed E-state index contributed by atoms with van der Waals surface area (Å²) in [6, 6.07) is 21.1. The molecule has 0 saturated carbocycles. The summed E-state index contributed by atoms with van der Waals surface area (Å²) in [6.45, 7) is 0. The lowest BCUT2D eigenvalue weighted by Crippen LogP contribution is -1.76. The second-order valence-electron chi connectivity index (χ2n) is 4.49. The van der Waals surface area contributed by atoms with Crippen LogP contribution in [-0.2, 0) is 0 Å². The number of hydrogen-bond acceptors (Lipinski definition) is 0. The largest absolute Gasteiger partial charge is 0.207 e. The highest BCUT2D eigenvalue weighted by atomic mass is 19.1. The molecule has 0 aliphatic carbocycles. The average Bonchev–Trinajstić information content (AvgIpc) is 2.46. The molecule has 0 amide bonds. The van der Waals surface area contributed by atoms with Gasteiger partial charge in [0.05, 0.1) is 0 Å². The molecule has 0 unspecified atom stereocenters. The highest BCUT2D eigenvalue weighted by Gasteiger charge is 1.93. The minimum atomic E-state index is -0.206. The van der Waals surface area contributed by atoms with Gasteiger partial charge in [-0.15, -0.1) is 0 Å². The Morgan fingerprint density at radius 2 is 1.26 bits per heavy atom. The topological polar surface area (TPSA) is 0 Å². The predicted octanol–water partition coefficient (Wildman–Crippen LogP) is 5.15. The SMILES string of the molecule is Fc1ccc(/C=C\c2ccc3ccccc3c2)cc1. The Hall–Kier alpha value is -2.41. The van der Waals surface area contributed by atoms with Crippen LogP contribution in [0.5, 0.6) is 0 Å². The van der Waals surface area contributed by atoms with Crippen molar-refractivity contribution in [3.8, 4) is 0 Å². The lowest BCUT2D eigenvalue weighted by molar-refractivity contribution is 0.628. The molecular weight excluding hydrogens is 235 g/mol. The molecule has 0 heterocycles. The third kappa shape index (κ3) is 2.71. The van der Waals surface area contributed by atoms with Crippen LogP contribution in [0.2, 0.25) is 0 Å². The second kappa shape index (κ2) is 5.07. The maximum Gasteiger partial charge on any atom is 0.123 e. The Bertz CT molecular complexity index is 724. The van der Waals surface area contributed by atoms with E-state index >= 15 is 0 Å². The number of hydrogen-bond donors (Lipinski definition) is 0. The van der Waals surface area contributed by atoms with Gasteiger partial charge in [-0.3, -0.25) is 0 Å². The first-order valence-electron chi connectivity index (χ1n) is 6.24. The molecule has 0 aromatic heterocycles. The first-order valence-corrected chi connectivity index (χ1v) is 6.24. The van der Waals surface area contributed by atoms with E-state index in [9.17, 15) is 4.39 Å². The number of fused-ring (bicyclic) bond motifs is 1. The molecule has 0 aliphatic rings. The molecule has 0 spiro atoms. The van der Waals surface area contributed by atoms with E-state index in [1.165, 1.54) is 22.9 Å². The van der Waals surface area contributed by atoms with Crippen molar-refractivity contribution in [2.45, 2.75) is 0 Å². The third-order valence-corrected chi connectivity index (χ3v) is 3.11. The monoisotopic (exact) mass is 248 g/mol. The van der Waals surface area contributed by atoms with E-state index in [4.69, 9.17) is 0 Å². The fraction of sp³-hybridized carbons (Fsp3) is 0. The Balaban J connectivity index is 1.90. The normalized spacial score (nSPS) is 11.2. The van der Waals surface area contributed by atoms with Gasteiger partial charge in [-0.25, -0.2) is 4.39 Å². The fourth-order valence-electron chi connectivity index (χ4n) is 2.08. The zero-order valence-corrected chi connectivity index (χ0v) is 10.4. The van der Waals surface area contributed by atoms with Crippen LogP contribution in [0, 0.1) is 5.82 Å². The predicted molar refractivity (Wildman–Crippen MR) is 79.3 cm³/mol. The van der Waals surface area contributed by atoms with Gasteiger partial charge in [0, 0.05) is 0 Å². The van der Waals surface area contributed by atoms with Gasteiger partial charge < -0.3 is 0 Å². The molecule has 0 atom stereocenters. The molecule has 0 N–H and O–H groups in total. The van der Waals surface area contributed by atoms with Gasteiger partial charge in [-0.2, -0.15) is 0 Å². The summed E-state index contributed by atoms with van der Waals surface area (Å²) in [5, 5.41) is 2.46. The molecule has 0 saturated heterocycles. The molecule has 3 aromatic rings. The summed E-state index contributed by atoms with van der Waals surface area (Å²) < 4.78 is 12.8. The van der Waals surface area contributed by atoms with E-state index in [2.05, 4.69) is 30.3 Å². The van der Waals surface area contributed by atoms with Crippen molar-refractivity contribution < 1.29 is 4.39 Å². The number of benzene rings is 3. The highest BCUT2D eigenvalue weighted by Crippen LogP contribution is 2.17. The van der Waals surface area contributed by atoms with Crippen molar-refractivity contribution in [3.63, 3.8) is 0 Å². The van der Waals surface area contributed by atoms with E-state index < -0.39 is 0 Å². The molecule has 0 nitrogen and oxygen atoms in total. The van der Waals surface area contributed by atoms with Crippen LogP contribution >= 0.6 is 0 Å². The summed E-state index contributed by atoms with van der Waals surface area (Å²) in [5.41, 5.74) is 2.14. The van der Waals surface area contributed by atoms with Crippen molar-refractivity contribution in [2.75, 3.05) is 0 Å². The van der Waals surface area contributed by atoms with E-state index in [-0.39, 0.29) is 5.82 Å². The average molecular weight is 248 g/mol. The smallest absolute Gasteiger partial charge is 0.123 e. The van der Waals surface area contributed by atoms with Crippen LogP contribution in [-0.4, -0.2) is 0 Å². The Morgan fingerprint density at radius 3 is 2.05 bits per heavy atom. The van der Waals surface area contributed by atoms with Gasteiger partial charge in [0.1, 0.15) is 5.82 Å². The first kappa shape index (κ1) is 11.7. The summed E-state index contributed by atoms with van der Waals surface area (Å²) in [4.78, 5) is 0. The van der Waals surface area contributed by atoms with E-state index in [0.29, 0.717) is 0 Å². The zero-order valence-electron chi connectivity index (χ0n) is 10.4. The maximum absolute atomic E-state index is 12.8. The van der Waals surface area contributed by atoms with Gasteiger partial charge in [0.25, 0.3) is 0 Å². The second-order valence-corrected chi connectivity index (χ2v) is 4.49. The molecule has 0 fully saturated rings. The van der Waals surface area contributed by atoms with E-state index in [1.807, 2.05) is 24.3 Å². The number of rotatable bonds is 2. The zero-order chi connectivity index (χ0) is 13.1. The van der Waals surface area contributed by atoms with Crippen molar-refractivity contribution in [2.24, 2.45) is 0 Å². The van der Waals surface area contributed by atoms with E-state index in [1.54, 1.807) is 12.1 Å². The maximum atomic E-state index is 12.8. The quantitative estimate of drug-likeness (QED) is 0.550. The van der Waals surface area contributed by atoms with Crippen molar-refractivity contribution in [1.29, 1.82) is 0 Å². The van der Waals surface area contributed by atoms with Crippen LogP contribution in [0.25, 0.3) is 22.9 Å². The minimum Gasteiger partial charge on any atom is -0.207 e. The minimum absolute atomic E-state index is 0.206. The molecule has 92 valence electrons. The first-order chi connectivity index (χ1) is 9.31. The third-order valence-electron chi connectivity index (χ3n) is 3.11. The Morgan fingerprint density at radius 1 is 0.632 bits per heavy atom. The molecule has 0 radical (unpaired) electrons. The molecule has 19 heavy (non-hydrogen) atoms. The van der Waals surface area contributed by atoms with Gasteiger partial charge >= 0.3 is 0 Å². The molecule has 1 heteroatoms. The van der Waals surface area contributed by atoms with E-state index in [0.717, 1.165) is 11.1 Å². The lowest BCUT2D eigenvalue weighted by atomic mass is 10.1. The van der Waals surface area contributed by atoms with Crippen molar-refractivity contribution in [3.05, 3.63) is 83.7 Å². The summed E-state index contributed by atoms with van der Waals surface area (Å²) in [5.74, 6) is -0.206. The molecule has 0 aliphatic heterocycles. The molecular formula is C18H13F. The molecule has 3 aromatic carbocycles. The molecule has 0 bridgehead atoms. The highest BCUT2D eigenvalue weighted by molar-refractivity contribution is 5.85. The fourth-order valence-corrected chi connectivity index (χ4v) is 2.08. The lowest BCUT2D eigenvalue weighted by Gasteiger charge is -1.99. The summed E-state index contributed by atoms with van der Waals surface area (Å²) in [7, 11) is 0. The van der Waals surface area contributed by atoms with Gasteiger partial charge in [-0.1, -0.05) is 60.7 Å². The summed E-state index contributed by atoms with van der Waals surface area (Å²) in [6.07, 6.45) is 4.03. The van der Waals surface area contributed by atoms with Crippen LogP contribution in [0.4, 0.5) is 4.39 Å². The molecule has 3 rings (SSSR count).